The van der Waals surface area contributed by atoms with Gasteiger partial charge >= 0.3 is 6.03 Å². The van der Waals surface area contributed by atoms with Crippen molar-refractivity contribution >= 4 is 23.5 Å². The van der Waals surface area contributed by atoms with E-state index in [4.69, 9.17) is 4.98 Å². The summed E-state index contributed by atoms with van der Waals surface area (Å²) in [5.41, 5.74) is 6.33. The Morgan fingerprint density at radius 2 is 1.86 bits per heavy atom. The van der Waals surface area contributed by atoms with Crippen LogP contribution < -0.4 is 21.1 Å². The Bertz CT molecular complexity index is 971. The number of hydrazine groups is 1. The van der Waals surface area contributed by atoms with Crippen molar-refractivity contribution in [1.82, 2.24) is 20.3 Å². The lowest BCUT2D eigenvalue weighted by Gasteiger charge is -2.36. The largest absolute Gasteiger partial charge is 0.393 e. The Kier molecular flexibility index (Phi) is 9.35. The highest BCUT2D eigenvalue weighted by atomic mass is 16.3. The van der Waals surface area contributed by atoms with E-state index in [0.29, 0.717) is 12.4 Å². The van der Waals surface area contributed by atoms with Gasteiger partial charge in [-0.05, 0) is 62.6 Å². The van der Waals surface area contributed by atoms with Gasteiger partial charge in [-0.1, -0.05) is 25.5 Å². The van der Waals surface area contributed by atoms with Gasteiger partial charge in [0.05, 0.1) is 6.10 Å². The number of hydrogen-bond donors (Lipinski definition) is 4. The van der Waals surface area contributed by atoms with Gasteiger partial charge < -0.3 is 20.6 Å². The van der Waals surface area contributed by atoms with Crippen molar-refractivity contribution in [3.05, 3.63) is 41.6 Å². The summed E-state index contributed by atoms with van der Waals surface area (Å²) in [5.74, 6) is 1.51. The fraction of sp³-hybridized carbons (Fsp3) is 0.593. The molecule has 1 aromatic heterocycles. The van der Waals surface area contributed by atoms with Gasteiger partial charge in [-0.15, -0.1) is 0 Å². The van der Waals surface area contributed by atoms with E-state index in [9.17, 15) is 9.90 Å². The monoisotopic (exact) mass is 495 g/mol. The van der Waals surface area contributed by atoms with Crippen LogP contribution in [0.2, 0.25) is 0 Å². The lowest BCUT2D eigenvalue weighted by Crippen LogP contribution is -2.47. The zero-order valence-corrected chi connectivity index (χ0v) is 21.7. The smallest absolute Gasteiger partial charge is 0.321 e. The average Bonchev–Trinajstić information content (AvgIpc) is 3.44. The second-order valence-corrected chi connectivity index (χ2v) is 9.88. The van der Waals surface area contributed by atoms with E-state index in [1.165, 1.54) is 0 Å². The molecule has 9 heteroatoms. The minimum atomic E-state index is -0.208. The molecule has 36 heavy (non-hydrogen) atoms. The van der Waals surface area contributed by atoms with E-state index >= 15 is 0 Å². The number of carbonyl (C=O) groups excluding carboxylic acids is 1. The number of nitrogens with one attached hydrogen (secondary N) is 3. The molecule has 1 aliphatic carbocycles. The van der Waals surface area contributed by atoms with Gasteiger partial charge in [0.2, 0.25) is 5.95 Å². The molecule has 0 unspecified atom stereocenters. The van der Waals surface area contributed by atoms with Crippen LogP contribution in [0.3, 0.4) is 0 Å². The highest BCUT2D eigenvalue weighted by molar-refractivity contribution is 5.89. The van der Waals surface area contributed by atoms with Crippen LogP contribution in [0.1, 0.15) is 69.4 Å². The molecular formula is C27H41N7O2. The maximum absolute atomic E-state index is 12.4. The number of anilines is 3. The van der Waals surface area contributed by atoms with Crippen LogP contribution in [0.25, 0.3) is 0 Å². The zero-order valence-electron chi connectivity index (χ0n) is 21.7. The molecule has 1 saturated carbocycles. The molecular weight excluding hydrogens is 454 g/mol. The van der Waals surface area contributed by atoms with Crippen LogP contribution in [0.4, 0.5) is 22.2 Å². The summed E-state index contributed by atoms with van der Waals surface area (Å²) in [6, 6.07) is 8.27. The number of benzene rings is 1. The number of rotatable bonds is 10. The van der Waals surface area contributed by atoms with Crippen molar-refractivity contribution in [2.75, 3.05) is 42.3 Å². The molecule has 1 aliphatic heterocycles. The normalized spacial score (nSPS) is 19.8. The van der Waals surface area contributed by atoms with E-state index in [-0.39, 0.29) is 18.2 Å². The summed E-state index contributed by atoms with van der Waals surface area (Å²) in [6.07, 6.45) is 10.1. The lowest BCUT2D eigenvalue weighted by molar-refractivity contribution is 0.120. The molecule has 2 aromatic rings. The molecule has 2 heterocycles. The van der Waals surface area contributed by atoms with E-state index < -0.39 is 0 Å². The Morgan fingerprint density at radius 3 is 2.53 bits per heavy atom. The average molecular weight is 496 g/mol. The Morgan fingerprint density at radius 1 is 1.14 bits per heavy atom. The summed E-state index contributed by atoms with van der Waals surface area (Å²) in [6.45, 7) is 4.67. The quantitative estimate of drug-likeness (QED) is 0.290. The number of urea groups is 1. The van der Waals surface area contributed by atoms with Crippen LogP contribution in [0.15, 0.2) is 30.5 Å². The van der Waals surface area contributed by atoms with Crippen LogP contribution in [0.5, 0.6) is 0 Å². The minimum Gasteiger partial charge on any atom is -0.393 e. The molecule has 0 spiro atoms. The van der Waals surface area contributed by atoms with Crippen LogP contribution in [-0.4, -0.2) is 64.8 Å². The third-order valence-corrected chi connectivity index (χ3v) is 7.15. The number of hydrogen-bond acceptors (Lipinski definition) is 7. The summed E-state index contributed by atoms with van der Waals surface area (Å²) in [7, 11) is 1.93. The summed E-state index contributed by atoms with van der Waals surface area (Å²) in [4.78, 5) is 23.8. The Labute approximate surface area is 214 Å². The van der Waals surface area contributed by atoms with Crippen LogP contribution in [-0.2, 0) is 6.42 Å². The fourth-order valence-corrected chi connectivity index (χ4v) is 5.02. The molecule has 2 fully saturated rings. The molecule has 0 radical (unpaired) electrons. The highest BCUT2D eigenvalue weighted by Gasteiger charge is 2.27. The predicted octanol–water partition coefficient (Wildman–Crippen LogP) is 4.15. The topological polar surface area (TPSA) is 106 Å². The van der Waals surface area contributed by atoms with Crippen molar-refractivity contribution in [1.29, 1.82) is 0 Å². The van der Waals surface area contributed by atoms with Gasteiger partial charge in [-0.25, -0.2) is 15.2 Å². The Hall–Kier alpha value is -2.91. The molecule has 4 rings (SSSR count). The standard InChI is InChI=1S/C27H41N7O2/c1-3-4-15-29-26-30-19-21(25(32-26)34(28-2)23-11-13-24(35)14-12-23)18-20-7-9-22(10-8-20)31-27(36)33-16-5-6-17-33/h7-10,19,23-24,28,35H,3-6,11-18H2,1-2H3,(H,31,36)(H,29,30,32). The molecule has 1 aromatic carbocycles. The summed E-state index contributed by atoms with van der Waals surface area (Å²) >= 11 is 0. The first kappa shape index (κ1) is 26.2. The number of carbonyl (C=O) groups is 1. The molecule has 1 saturated heterocycles. The number of aromatic nitrogens is 2. The van der Waals surface area contributed by atoms with Crippen LogP contribution in [0, 0.1) is 0 Å². The minimum absolute atomic E-state index is 0.0237. The van der Waals surface area contributed by atoms with Gasteiger partial charge in [0, 0.05) is 56.6 Å². The maximum atomic E-state index is 12.4. The van der Waals surface area contributed by atoms with Crippen molar-refractivity contribution in [2.45, 2.75) is 76.9 Å². The second kappa shape index (κ2) is 12.9. The molecule has 0 atom stereocenters. The van der Waals surface area contributed by atoms with Gasteiger partial charge in [0.15, 0.2) is 5.82 Å². The van der Waals surface area contributed by atoms with Gasteiger partial charge in [-0.3, -0.25) is 5.01 Å². The van der Waals surface area contributed by atoms with Crippen LogP contribution >= 0.6 is 0 Å². The molecule has 2 amide bonds. The number of aliphatic hydroxyl groups is 1. The van der Waals surface area contributed by atoms with Gasteiger partial charge in [0.25, 0.3) is 0 Å². The number of aliphatic hydroxyl groups excluding tert-OH is 1. The SMILES string of the molecule is CCCCNc1ncc(Cc2ccc(NC(=O)N3CCCC3)cc2)c(N(NC)C2CCC(O)CC2)n1. The predicted molar refractivity (Wildman–Crippen MR) is 144 cm³/mol. The van der Waals surface area contributed by atoms with E-state index in [1.54, 1.807) is 0 Å². The summed E-state index contributed by atoms with van der Waals surface area (Å²) in [5, 5.41) is 18.5. The highest BCUT2D eigenvalue weighted by Crippen LogP contribution is 2.29. The maximum Gasteiger partial charge on any atom is 0.321 e. The third kappa shape index (κ3) is 6.85. The first-order valence-corrected chi connectivity index (χ1v) is 13.5. The van der Waals surface area contributed by atoms with Crippen molar-refractivity contribution in [3.8, 4) is 0 Å². The molecule has 0 bridgehead atoms. The number of likely N-dealkylation sites (tertiary alicyclic amines) is 1. The molecule has 9 nitrogen and oxygen atoms in total. The number of amides is 2. The third-order valence-electron chi connectivity index (χ3n) is 7.15. The summed E-state index contributed by atoms with van der Waals surface area (Å²) < 4.78 is 0. The molecule has 196 valence electrons. The first-order valence-electron chi connectivity index (χ1n) is 13.5. The van der Waals surface area contributed by atoms with E-state index in [1.807, 2.05) is 30.3 Å². The van der Waals surface area contributed by atoms with Crippen molar-refractivity contribution in [3.63, 3.8) is 0 Å². The lowest BCUT2D eigenvalue weighted by atomic mass is 9.92. The van der Waals surface area contributed by atoms with Gasteiger partial charge in [-0.2, -0.15) is 4.98 Å². The van der Waals surface area contributed by atoms with Gasteiger partial charge in [0.1, 0.15) is 0 Å². The molecule has 4 N–H and O–H groups in total. The number of unbranched alkanes of at least 4 members (excludes halogenated alkanes) is 1. The van der Waals surface area contributed by atoms with E-state index in [2.05, 4.69) is 45.1 Å². The van der Waals surface area contributed by atoms with Crippen molar-refractivity contribution in [2.24, 2.45) is 0 Å². The Balaban J connectivity index is 1.50. The molecule has 2 aliphatic rings. The number of nitrogens with zero attached hydrogens (tertiary/aromatic N) is 4. The van der Waals surface area contributed by atoms with E-state index in [0.717, 1.165) is 93.6 Å². The zero-order chi connectivity index (χ0) is 25.3. The first-order chi connectivity index (χ1) is 17.6. The van der Waals surface area contributed by atoms with Crippen molar-refractivity contribution < 1.29 is 9.90 Å². The fourth-order valence-electron chi connectivity index (χ4n) is 5.02. The second-order valence-electron chi connectivity index (χ2n) is 9.88.